The fourth-order valence-electron chi connectivity index (χ4n) is 2.47. The summed E-state index contributed by atoms with van der Waals surface area (Å²) in [6, 6.07) is 21.5. The molecule has 3 aromatic carbocycles. The van der Waals surface area contributed by atoms with Crippen molar-refractivity contribution in [2.45, 2.75) is 0 Å². The van der Waals surface area contributed by atoms with Gasteiger partial charge in [0.05, 0.1) is 12.8 Å². The summed E-state index contributed by atoms with van der Waals surface area (Å²) in [6.07, 6.45) is 0. The van der Waals surface area contributed by atoms with Crippen LogP contribution in [-0.2, 0) is 9.59 Å². The topological polar surface area (TPSA) is 79.5 Å². The van der Waals surface area contributed by atoms with Gasteiger partial charge in [-0.25, -0.2) is 0 Å². The highest BCUT2D eigenvalue weighted by molar-refractivity contribution is 6.44. The van der Waals surface area contributed by atoms with Gasteiger partial charge in [-0.15, -0.1) is 0 Å². The van der Waals surface area contributed by atoms with Gasteiger partial charge in [-0.2, -0.15) is 0 Å². The summed E-state index contributed by atoms with van der Waals surface area (Å²) in [4.78, 5) is 24.3. The molecule has 0 atom stereocenters. The Hall–Kier alpha value is -3.51. The van der Waals surface area contributed by atoms with Crippen LogP contribution >= 0.6 is 11.6 Å². The molecule has 0 heterocycles. The lowest BCUT2D eigenvalue weighted by molar-refractivity contribution is -0.133. The molecule has 0 aliphatic carbocycles. The Bertz CT molecular complexity index is 976. The van der Waals surface area contributed by atoms with Gasteiger partial charge in [0.2, 0.25) is 0 Å². The Kier molecular flexibility index (Phi) is 6.14. The second-order valence-corrected chi connectivity index (χ2v) is 6.26. The molecule has 0 unspecified atom stereocenters. The van der Waals surface area contributed by atoms with E-state index < -0.39 is 11.8 Å². The number of halogens is 1. The summed E-state index contributed by atoms with van der Waals surface area (Å²) in [6.45, 7) is 0. The molecule has 142 valence electrons. The van der Waals surface area contributed by atoms with E-state index in [4.69, 9.17) is 16.3 Å². The summed E-state index contributed by atoms with van der Waals surface area (Å²) < 4.78 is 5.15. The summed E-state index contributed by atoms with van der Waals surface area (Å²) in [5, 5.41) is 8.70. The molecule has 6 nitrogen and oxygen atoms in total. The van der Waals surface area contributed by atoms with Crippen molar-refractivity contribution in [3.63, 3.8) is 0 Å². The smallest absolute Gasteiger partial charge is 0.314 e. The van der Waals surface area contributed by atoms with E-state index in [-0.39, 0.29) is 0 Å². The van der Waals surface area contributed by atoms with Crippen molar-refractivity contribution in [2.75, 3.05) is 23.1 Å². The zero-order chi connectivity index (χ0) is 19.9. The maximum atomic E-state index is 12.2. The van der Waals surface area contributed by atoms with E-state index in [1.807, 2.05) is 30.3 Å². The van der Waals surface area contributed by atoms with Crippen LogP contribution in [0.1, 0.15) is 0 Å². The maximum absolute atomic E-state index is 12.2. The molecule has 3 aromatic rings. The zero-order valence-electron chi connectivity index (χ0n) is 15.0. The number of amides is 2. The van der Waals surface area contributed by atoms with Crippen molar-refractivity contribution in [3.05, 3.63) is 77.8 Å². The van der Waals surface area contributed by atoms with E-state index in [1.54, 1.807) is 36.4 Å². The molecule has 0 aromatic heterocycles. The first-order valence-corrected chi connectivity index (χ1v) is 8.81. The first-order chi connectivity index (χ1) is 13.5. The quantitative estimate of drug-likeness (QED) is 0.548. The highest BCUT2D eigenvalue weighted by Crippen LogP contribution is 2.27. The molecule has 3 rings (SSSR count). The van der Waals surface area contributed by atoms with Gasteiger partial charge in [0.1, 0.15) is 5.75 Å². The lowest BCUT2D eigenvalue weighted by atomic mass is 10.2. The summed E-state index contributed by atoms with van der Waals surface area (Å²) >= 11 is 5.93. The lowest BCUT2D eigenvalue weighted by Gasteiger charge is -2.11. The van der Waals surface area contributed by atoms with Crippen LogP contribution in [0.4, 0.5) is 22.7 Å². The molecule has 0 spiro atoms. The summed E-state index contributed by atoms with van der Waals surface area (Å²) in [5.74, 6) is -1.22. The van der Waals surface area contributed by atoms with Crippen LogP contribution in [0, 0.1) is 0 Å². The van der Waals surface area contributed by atoms with Crippen molar-refractivity contribution in [1.29, 1.82) is 0 Å². The Morgan fingerprint density at radius 3 is 2.07 bits per heavy atom. The van der Waals surface area contributed by atoms with Crippen LogP contribution in [0.2, 0.25) is 5.02 Å². The van der Waals surface area contributed by atoms with Crippen molar-refractivity contribution < 1.29 is 14.3 Å². The summed E-state index contributed by atoms with van der Waals surface area (Å²) in [7, 11) is 1.46. The van der Waals surface area contributed by atoms with E-state index in [0.29, 0.717) is 22.1 Å². The first kappa shape index (κ1) is 19.3. The number of carbonyl (C=O) groups is 2. The molecule has 7 heteroatoms. The van der Waals surface area contributed by atoms with E-state index in [2.05, 4.69) is 16.0 Å². The monoisotopic (exact) mass is 395 g/mol. The Labute approximate surface area is 167 Å². The SMILES string of the molecule is COc1ccc(Cl)cc1NC(=O)C(=O)Nc1ccc(Nc2ccccc2)cc1. The molecular weight excluding hydrogens is 378 g/mol. The molecule has 0 saturated heterocycles. The van der Waals surface area contributed by atoms with Crippen molar-refractivity contribution in [2.24, 2.45) is 0 Å². The molecule has 2 amide bonds. The Morgan fingerprint density at radius 2 is 1.39 bits per heavy atom. The number of methoxy groups -OCH3 is 1. The first-order valence-electron chi connectivity index (χ1n) is 8.43. The van der Waals surface area contributed by atoms with E-state index in [1.165, 1.54) is 13.2 Å². The fourth-order valence-corrected chi connectivity index (χ4v) is 2.64. The number of ether oxygens (including phenoxy) is 1. The molecule has 0 aliphatic heterocycles. The number of hydrogen-bond donors (Lipinski definition) is 3. The van der Waals surface area contributed by atoms with Gasteiger partial charge >= 0.3 is 11.8 Å². The lowest BCUT2D eigenvalue weighted by Crippen LogP contribution is -2.29. The van der Waals surface area contributed by atoms with Crippen LogP contribution in [0.3, 0.4) is 0 Å². The van der Waals surface area contributed by atoms with Gasteiger partial charge in [-0.3, -0.25) is 9.59 Å². The summed E-state index contributed by atoms with van der Waals surface area (Å²) in [5.41, 5.74) is 2.63. The van der Waals surface area contributed by atoms with Gasteiger partial charge in [0.15, 0.2) is 0 Å². The Morgan fingerprint density at radius 1 is 0.786 bits per heavy atom. The van der Waals surface area contributed by atoms with Crippen LogP contribution in [0.25, 0.3) is 0 Å². The van der Waals surface area contributed by atoms with E-state index in [0.717, 1.165) is 11.4 Å². The average molecular weight is 396 g/mol. The van der Waals surface area contributed by atoms with Gasteiger partial charge in [-0.05, 0) is 54.6 Å². The predicted molar refractivity (Wildman–Crippen MR) is 111 cm³/mol. The molecular formula is C21H18ClN3O3. The van der Waals surface area contributed by atoms with Gasteiger partial charge in [0.25, 0.3) is 0 Å². The van der Waals surface area contributed by atoms with Crippen molar-refractivity contribution in [3.8, 4) is 5.75 Å². The standard InChI is InChI=1S/C21H18ClN3O3/c1-28-19-12-7-14(22)13-18(19)25-21(27)20(26)24-17-10-8-16(9-11-17)23-15-5-3-2-4-6-15/h2-13,23H,1H3,(H,24,26)(H,25,27). The number of para-hydroxylation sites is 1. The van der Waals surface area contributed by atoms with Gasteiger partial charge < -0.3 is 20.7 Å². The molecule has 0 saturated carbocycles. The van der Waals surface area contributed by atoms with Crippen LogP contribution in [0.15, 0.2) is 72.8 Å². The number of rotatable bonds is 5. The molecule has 0 fully saturated rings. The number of nitrogens with one attached hydrogen (secondary N) is 3. The van der Waals surface area contributed by atoms with Crippen LogP contribution in [0.5, 0.6) is 5.75 Å². The fraction of sp³-hybridized carbons (Fsp3) is 0.0476. The van der Waals surface area contributed by atoms with Gasteiger partial charge in [-0.1, -0.05) is 29.8 Å². The number of hydrogen-bond acceptors (Lipinski definition) is 4. The highest BCUT2D eigenvalue weighted by Gasteiger charge is 2.16. The minimum atomic E-state index is -0.827. The Balaban J connectivity index is 1.61. The molecule has 0 bridgehead atoms. The predicted octanol–water partition coefficient (Wildman–Crippen LogP) is 4.67. The van der Waals surface area contributed by atoms with Crippen LogP contribution < -0.4 is 20.7 Å². The molecule has 28 heavy (non-hydrogen) atoms. The largest absolute Gasteiger partial charge is 0.495 e. The third kappa shape index (κ3) is 5.02. The number of benzene rings is 3. The second-order valence-electron chi connectivity index (χ2n) is 5.82. The highest BCUT2D eigenvalue weighted by atomic mass is 35.5. The normalized spacial score (nSPS) is 10.1. The molecule has 0 aliphatic rings. The van der Waals surface area contributed by atoms with E-state index in [9.17, 15) is 9.59 Å². The minimum absolute atomic E-state index is 0.317. The van der Waals surface area contributed by atoms with Crippen molar-refractivity contribution in [1.82, 2.24) is 0 Å². The molecule has 0 radical (unpaired) electrons. The second kappa shape index (κ2) is 8.92. The number of carbonyl (C=O) groups excluding carboxylic acids is 2. The van der Waals surface area contributed by atoms with E-state index >= 15 is 0 Å². The minimum Gasteiger partial charge on any atom is -0.495 e. The third-order valence-electron chi connectivity index (χ3n) is 3.82. The zero-order valence-corrected chi connectivity index (χ0v) is 15.8. The van der Waals surface area contributed by atoms with Crippen LogP contribution in [-0.4, -0.2) is 18.9 Å². The maximum Gasteiger partial charge on any atom is 0.314 e. The third-order valence-corrected chi connectivity index (χ3v) is 4.06. The van der Waals surface area contributed by atoms with Crippen molar-refractivity contribution >= 4 is 46.2 Å². The number of anilines is 4. The average Bonchev–Trinajstić information content (AvgIpc) is 2.70. The van der Waals surface area contributed by atoms with Gasteiger partial charge in [0, 0.05) is 22.1 Å². The molecule has 3 N–H and O–H groups in total.